The average Bonchev–Trinajstić information content (AvgIpc) is 3.07. The first-order chi connectivity index (χ1) is 11.5. The number of carbonyl (C=O) groups excluding carboxylic acids is 3. The number of rotatable bonds is 7. The Bertz CT molecular complexity index is 557. The van der Waals surface area contributed by atoms with Gasteiger partial charge in [0.15, 0.2) is 0 Å². The first-order valence-corrected chi connectivity index (χ1v) is 7.82. The monoisotopic (exact) mass is 338 g/mol. The lowest BCUT2D eigenvalue weighted by Gasteiger charge is -2.27. The van der Waals surface area contributed by atoms with Crippen molar-refractivity contribution < 1.29 is 28.6 Å². The summed E-state index contributed by atoms with van der Waals surface area (Å²) in [6.07, 6.45) is 6.96. The van der Waals surface area contributed by atoms with Crippen LogP contribution < -0.4 is 5.73 Å². The predicted octanol–water partition coefficient (Wildman–Crippen LogP) is 0.576. The van der Waals surface area contributed by atoms with Gasteiger partial charge in [0.1, 0.15) is 12.8 Å². The van der Waals surface area contributed by atoms with E-state index in [9.17, 15) is 14.4 Å². The molecule has 8 nitrogen and oxygen atoms in total. The summed E-state index contributed by atoms with van der Waals surface area (Å²) in [5, 5.41) is 0. The molecule has 2 rings (SSSR count). The van der Waals surface area contributed by atoms with E-state index in [-0.39, 0.29) is 31.8 Å². The number of ether oxygens (including phenoxy) is 3. The van der Waals surface area contributed by atoms with E-state index in [0.717, 1.165) is 12.8 Å². The van der Waals surface area contributed by atoms with Crippen molar-refractivity contribution in [2.75, 3.05) is 13.7 Å². The highest BCUT2D eigenvalue weighted by Gasteiger charge is 2.30. The summed E-state index contributed by atoms with van der Waals surface area (Å²) in [4.78, 5) is 35.6. The SMILES string of the molecule is COC(=O)CCC(=O)OCC1CCC(N2C=CCC(C(N)=O)=C2)O1. The fourth-order valence-electron chi connectivity index (χ4n) is 2.51. The lowest BCUT2D eigenvalue weighted by Crippen LogP contribution is -2.30. The summed E-state index contributed by atoms with van der Waals surface area (Å²) in [6.45, 7) is 0.139. The number of nitrogens with two attached hydrogens (primary N) is 1. The highest BCUT2D eigenvalue weighted by molar-refractivity contribution is 5.92. The highest BCUT2D eigenvalue weighted by atomic mass is 16.6. The van der Waals surface area contributed by atoms with Crippen molar-refractivity contribution >= 4 is 17.8 Å². The van der Waals surface area contributed by atoms with Gasteiger partial charge in [0.05, 0.1) is 26.1 Å². The molecule has 132 valence electrons. The number of amides is 1. The van der Waals surface area contributed by atoms with Crippen LogP contribution in [0.5, 0.6) is 0 Å². The van der Waals surface area contributed by atoms with Crippen LogP contribution in [-0.4, -0.2) is 48.8 Å². The Morgan fingerprint density at radius 2 is 2.04 bits per heavy atom. The zero-order chi connectivity index (χ0) is 17.5. The van der Waals surface area contributed by atoms with Crippen LogP contribution >= 0.6 is 0 Å². The molecule has 2 aliphatic heterocycles. The Balaban J connectivity index is 1.74. The van der Waals surface area contributed by atoms with Crippen molar-refractivity contribution in [3.8, 4) is 0 Å². The van der Waals surface area contributed by atoms with Gasteiger partial charge in [-0.1, -0.05) is 6.08 Å². The maximum Gasteiger partial charge on any atom is 0.306 e. The summed E-state index contributed by atoms with van der Waals surface area (Å²) >= 11 is 0. The summed E-state index contributed by atoms with van der Waals surface area (Å²) in [5.74, 6) is -1.35. The first-order valence-electron chi connectivity index (χ1n) is 7.82. The second-order valence-corrected chi connectivity index (χ2v) is 5.60. The lowest BCUT2D eigenvalue weighted by atomic mass is 10.1. The number of nitrogens with zero attached hydrogens (tertiary/aromatic N) is 1. The second-order valence-electron chi connectivity index (χ2n) is 5.60. The van der Waals surface area contributed by atoms with E-state index in [1.807, 2.05) is 17.2 Å². The van der Waals surface area contributed by atoms with E-state index in [1.165, 1.54) is 7.11 Å². The zero-order valence-electron chi connectivity index (χ0n) is 13.6. The fraction of sp³-hybridized carbons (Fsp3) is 0.562. The van der Waals surface area contributed by atoms with Crippen LogP contribution in [0.15, 0.2) is 24.0 Å². The van der Waals surface area contributed by atoms with Gasteiger partial charge < -0.3 is 24.8 Å². The number of primary amides is 1. The molecule has 24 heavy (non-hydrogen) atoms. The van der Waals surface area contributed by atoms with Crippen molar-refractivity contribution in [2.45, 2.75) is 44.4 Å². The molecule has 8 heteroatoms. The molecule has 2 N–H and O–H groups in total. The van der Waals surface area contributed by atoms with Crippen molar-refractivity contribution in [1.29, 1.82) is 0 Å². The number of esters is 2. The maximum atomic E-state index is 11.6. The van der Waals surface area contributed by atoms with Crippen molar-refractivity contribution in [2.24, 2.45) is 5.73 Å². The van der Waals surface area contributed by atoms with Gasteiger partial charge in [0, 0.05) is 18.0 Å². The minimum Gasteiger partial charge on any atom is -0.469 e. The van der Waals surface area contributed by atoms with Gasteiger partial charge in [0.2, 0.25) is 5.91 Å². The third kappa shape index (κ3) is 5.09. The van der Waals surface area contributed by atoms with Crippen LogP contribution in [0.4, 0.5) is 0 Å². The van der Waals surface area contributed by atoms with Gasteiger partial charge in [-0.05, 0) is 19.3 Å². The molecule has 0 aromatic heterocycles. The van der Waals surface area contributed by atoms with E-state index in [4.69, 9.17) is 15.2 Å². The number of hydrogen-bond acceptors (Lipinski definition) is 7. The zero-order valence-corrected chi connectivity index (χ0v) is 13.6. The molecular weight excluding hydrogens is 316 g/mol. The minimum absolute atomic E-state index is 0.00272. The van der Waals surface area contributed by atoms with E-state index in [0.29, 0.717) is 12.0 Å². The number of carbonyl (C=O) groups is 3. The van der Waals surface area contributed by atoms with Crippen molar-refractivity contribution in [3.63, 3.8) is 0 Å². The average molecular weight is 338 g/mol. The van der Waals surface area contributed by atoms with Crippen LogP contribution in [0, 0.1) is 0 Å². The van der Waals surface area contributed by atoms with Crippen molar-refractivity contribution in [3.05, 3.63) is 24.0 Å². The maximum absolute atomic E-state index is 11.6. The summed E-state index contributed by atoms with van der Waals surface area (Å²) in [6, 6.07) is 0. The molecule has 2 heterocycles. The van der Waals surface area contributed by atoms with E-state index in [1.54, 1.807) is 6.20 Å². The van der Waals surface area contributed by atoms with Crippen LogP contribution in [0.25, 0.3) is 0 Å². The molecule has 2 atom stereocenters. The minimum atomic E-state index is -0.457. The van der Waals surface area contributed by atoms with Crippen LogP contribution in [0.3, 0.4) is 0 Å². The normalized spacial score (nSPS) is 22.9. The molecule has 0 bridgehead atoms. The molecule has 0 spiro atoms. The molecule has 1 saturated heterocycles. The number of methoxy groups -OCH3 is 1. The number of allylic oxidation sites excluding steroid dienone is 1. The van der Waals surface area contributed by atoms with E-state index < -0.39 is 17.8 Å². The Morgan fingerprint density at radius 3 is 2.75 bits per heavy atom. The third-order valence-electron chi connectivity index (χ3n) is 3.85. The Morgan fingerprint density at radius 1 is 1.29 bits per heavy atom. The highest BCUT2D eigenvalue weighted by Crippen LogP contribution is 2.26. The molecule has 2 aliphatic rings. The molecule has 1 amide bonds. The fourth-order valence-corrected chi connectivity index (χ4v) is 2.51. The molecule has 2 unspecified atom stereocenters. The van der Waals surface area contributed by atoms with Gasteiger partial charge in [-0.15, -0.1) is 0 Å². The molecule has 1 fully saturated rings. The van der Waals surface area contributed by atoms with Gasteiger partial charge in [-0.2, -0.15) is 0 Å². The topological polar surface area (TPSA) is 108 Å². The second kappa shape index (κ2) is 8.49. The lowest BCUT2D eigenvalue weighted by molar-refractivity contribution is -0.152. The molecular formula is C16H22N2O6. The quantitative estimate of drug-likeness (QED) is 0.676. The smallest absolute Gasteiger partial charge is 0.306 e. The van der Waals surface area contributed by atoms with E-state index in [2.05, 4.69) is 4.74 Å². The molecule has 0 aliphatic carbocycles. The van der Waals surface area contributed by atoms with Crippen LogP contribution in [0.2, 0.25) is 0 Å². The molecule has 0 saturated carbocycles. The van der Waals surface area contributed by atoms with Gasteiger partial charge in [-0.25, -0.2) is 0 Å². The largest absolute Gasteiger partial charge is 0.469 e. The first kappa shape index (κ1) is 18.0. The van der Waals surface area contributed by atoms with Gasteiger partial charge >= 0.3 is 11.9 Å². The molecule has 0 aromatic carbocycles. The molecule has 0 radical (unpaired) electrons. The van der Waals surface area contributed by atoms with Crippen LogP contribution in [-0.2, 0) is 28.6 Å². The Hall–Kier alpha value is -2.35. The van der Waals surface area contributed by atoms with Gasteiger partial charge in [0.25, 0.3) is 0 Å². The summed E-state index contributed by atoms with van der Waals surface area (Å²) in [7, 11) is 1.27. The summed E-state index contributed by atoms with van der Waals surface area (Å²) < 4.78 is 15.4. The number of hydrogen-bond donors (Lipinski definition) is 1. The Kier molecular flexibility index (Phi) is 6.36. The summed E-state index contributed by atoms with van der Waals surface area (Å²) in [5.41, 5.74) is 5.82. The van der Waals surface area contributed by atoms with E-state index >= 15 is 0 Å². The molecule has 0 aromatic rings. The van der Waals surface area contributed by atoms with Crippen LogP contribution in [0.1, 0.15) is 32.1 Å². The van der Waals surface area contributed by atoms with Crippen molar-refractivity contribution in [1.82, 2.24) is 4.90 Å². The standard InChI is InChI=1S/C16H22N2O6/c1-22-14(19)6-7-15(20)23-10-12-4-5-13(24-12)18-8-2-3-11(9-18)16(17)21/h2,8-9,12-13H,3-7,10H2,1H3,(H2,17,21). The predicted molar refractivity (Wildman–Crippen MR) is 83.0 cm³/mol. The third-order valence-corrected chi connectivity index (χ3v) is 3.85. The Labute approximate surface area is 140 Å². The van der Waals surface area contributed by atoms with Gasteiger partial charge in [-0.3, -0.25) is 14.4 Å².